The molecular weight excluding hydrogens is 534 g/mol. The zero-order valence-corrected chi connectivity index (χ0v) is 13.3. The third kappa shape index (κ3) is 17.8. The Morgan fingerprint density at radius 3 is 1.61 bits per heavy atom. The Balaban J connectivity index is 0. The Hall–Kier alpha value is 1.78. The van der Waals surface area contributed by atoms with E-state index in [-0.39, 0.29) is 54.9 Å². The normalized spacial score (nSPS) is 9.94. The Labute approximate surface area is 166 Å². The molecule has 0 fully saturated rings. The van der Waals surface area contributed by atoms with Crippen LogP contribution in [-0.4, -0.2) is 54.9 Å². The van der Waals surface area contributed by atoms with E-state index in [9.17, 15) is 4.79 Å². The van der Waals surface area contributed by atoms with Crippen LogP contribution in [0.3, 0.4) is 0 Å². The van der Waals surface area contributed by atoms with Crippen LogP contribution in [0.1, 0.15) is 84.0 Å². The minimum atomic E-state index is -0.0933. The van der Waals surface area contributed by atoms with Gasteiger partial charge < -0.3 is 0 Å². The molecule has 2 nitrogen and oxygen atoms in total. The van der Waals surface area contributed by atoms with E-state index in [0.29, 0.717) is 6.42 Å². The number of hydrogen-bond donors (Lipinski definition) is 0. The van der Waals surface area contributed by atoms with Gasteiger partial charge in [-0.05, 0) is 0 Å². The molecule has 4 heteroatoms. The first-order valence-corrected chi connectivity index (χ1v) is 7.98. The Morgan fingerprint density at radius 1 is 0.833 bits per heavy atom. The van der Waals surface area contributed by atoms with E-state index in [1.807, 2.05) is 21.5 Å². The number of hydrogen-bond acceptors (Lipinski definition) is 2. The van der Waals surface area contributed by atoms with Crippen LogP contribution in [-0.2, 0) is 29.5 Å². The molecule has 0 aliphatic rings. The standard InChI is InChI=1S/C14H28O2.Au.Ba.2H/c1-2-3-4-5-6-7-8-9-10-11-12-13-14(15)16;;;;/h2-13H2,1H3,(H,15,16);;;;/q;+1;;;/p-1. The van der Waals surface area contributed by atoms with Crippen molar-refractivity contribution in [1.82, 2.24) is 0 Å². The van der Waals surface area contributed by atoms with Crippen molar-refractivity contribution in [1.29, 1.82) is 0 Å². The fourth-order valence-corrected chi connectivity index (χ4v) is 2.19. The van der Waals surface area contributed by atoms with Gasteiger partial charge in [0.2, 0.25) is 0 Å². The minimum absolute atomic E-state index is 0. The molecule has 0 aliphatic carbocycles. The summed E-state index contributed by atoms with van der Waals surface area (Å²) < 4.78 is 4.55. The first-order chi connectivity index (χ1) is 8.31. The molecular formula is C14H29AuBaO2. The Bertz CT molecular complexity index is 177. The van der Waals surface area contributed by atoms with Crippen molar-refractivity contribution in [3.63, 3.8) is 0 Å². The zero-order valence-electron chi connectivity index (χ0n) is 11.1. The molecule has 0 saturated carbocycles. The molecule has 0 N–H and O–H groups in total. The predicted molar refractivity (Wildman–Crippen MR) is 75.7 cm³/mol. The zero-order chi connectivity index (χ0) is 12.8. The predicted octanol–water partition coefficient (Wildman–Crippen LogP) is 3.78. The van der Waals surface area contributed by atoms with Gasteiger partial charge in [-0.2, -0.15) is 0 Å². The average Bonchev–Trinajstić information content (AvgIpc) is 2.35. The molecule has 0 aliphatic heterocycles. The second-order valence-electron chi connectivity index (χ2n) is 4.72. The maximum atomic E-state index is 10.8. The van der Waals surface area contributed by atoms with Gasteiger partial charge >= 0.3 is 149 Å². The Morgan fingerprint density at radius 2 is 1.22 bits per heavy atom. The van der Waals surface area contributed by atoms with Crippen LogP contribution in [0.2, 0.25) is 0 Å². The first-order valence-electron chi connectivity index (χ1n) is 7.09. The van der Waals surface area contributed by atoms with E-state index in [1.165, 1.54) is 64.2 Å². The van der Waals surface area contributed by atoms with Crippen molar-refractivity contribution in [2.45, 2.75) is 84.0 Å². The average molecular weight is 564 g/mol. The third-order valence-electron chi connectivity index (χ3n) is 3.05. The summed E-state index contributed by atoms with van der Waals surface area (Å²) in [7, 11) is 0. The second-order valence-corrected chi connectivity index (χ2v) is 5.16. The number of rotatable bonds is 12. The van der Waals surface area contributed by atoms with Gasteiger partial charge in [-0.3, -0.25) is 0 Å². The van der Waals surface area contributed by atoms with Crippen molar-refractivity contribution in [2.75, 3.05) is 0 Å². The molecule has 0 radical (unpaired) electrons. The van der Waals surface area contributed by atoms with E-state index in [2.05, 4.69) is 10.2 Å². The Kier molecular flexibility index (Phi) is 23.0. The summed E-state index contributed by atoms with van der Waals surface area (Å²) >= 11 is 1.83. The van der Waals surface area contributed by atoms with Crippen LogP contribution in [0.15, 0.2) is 0 Å². The number of carbonyl (C=O) groups excluding carboxylic acids is 1. The summed E-state index contributed by atoms with van der Waals surface area (Å²) in [5, 5.41) is 0. The van der Waals surface area contributed by atoms with E-state index >= 15 is 0 Å². The van der Waals surface area contributed by atoms with Gasteiger partial charge in [0.1, 0.15) is 0 Å². The van der Waals surface area contributed by atoms with Crippen molar-refractivity contribution in [3.8, 4) is 0 Å². The number of carbonyl (C=O) groups is 1. The fourth-order valence-electron chi connectivity index (χ4n) is 1.96. The SMILES string of the molecule is CCCCCCCCCCCCCC(=O)[O][Au].[BaH2]. The molecule has 0 bridgehead atoms. The van der Waals surface area contributed by atoms with Crippen molar-refractivity contribution in [2.24, 2.45) is 0 Å². The maximum absolute atomic E-state index is 10.8. The quantitative estimate of drug-likeness (QED) is 0.267. The summed E-state index contributed by atoms with van der Waals surface area (Å²) in [6, 6.07) is 0. The molecule has 18 heavy (non-hydrogen) atoms. The van der Waals surface area contributed by atoms with E-state index in [1.54, 1.807) is 0 Å². The van der Waals surface area contributed by atoms with Crippen molar-refractivity contribution in [3.05, 3.63) is 0 Å². The van der Waals surface area contributed by atoms with Crippen LogP contribution < -0.4 is 0 Å². The molecule has 0 aromatic carbocycles. The fraction of sp³-hybridized carbons (Fsp3) is 0.929. The van der Waals surface area contributed by atoms with Crippen LogP contribution in [0.5, 0.6) is 0 Å². The molecule has 0 amide bonds. The number of unbranched alkanes of at least 4 members (excludes halogenated alkanes) is 10. The molecule has 0 heterocycles. The van der Waals surface area contributed by atoms with E-state index in [4.69, 9.17) is 0 Å². The molecule has 0 aromatic rings. The molecule has 0 saturated heterocycles. The molecule has 0 spiro atoms. The second kappa shape index (κ2) is 18.8. The van der Waals surface area contributed by atoms with Gasteiger partial charge in [-0.15, -0.1) is 0 Å². The summed E-state index contributed by atoms with van der Waals surface area (Å²) in [6.07, 6.45) is 15.0. The summed E-state index contributed by atoms with van der Waals surface area (Å²) in [5.41, 5.74) is 0. The topological polar surface area (TPSA) is 26.3 Å². The summed E-state index contributed by atoms with van der Waals surface area (Å²) in [6.45, 7) is 2.26. The molecule has 110 valence electrons. The van der Waals surface area contributed by atoms with Gasteiger partial charge in [0.15, 0.2) is 0 Å². The molecule has 0 unspecified atom stereocenters. The third-order valence-corrected chi connectivity index (χ3v) is 3.55. The summed E-state index contributed by atoms with van der Waals surface area (Å²) in [4.78, 5) is 10.8. The van der Waals surface area contributed by atoms with Gasteiger partial charge in [0.05, 0.1) is 0 Å². The molecule has 0 rings (SSSR count). The van der Waals surface area contributed by atoms with E-state index in [0.717, 1.165) is 6.42 Å². The molecule has 0 aromatic heterocycles. The monoisotopic (exact) mass is 564 g/mol. The van der Waals surface area contributed by atoms with E-state index < -0.39 is 0 Å². The summed E-state index contributed by atoms with van der Waals surface area (Å²) in [5.74, 6) is -0.0933. The van der Waals surface area contributed by atoms with Gasteiger partial charge in [0.25, 0.3) is 0 Å². The van der Waals surface area contributed by atoms with Crippen LogP contribution in [0, 0.1) is 0 Å². The first kappa shape index (κ1) is 22.1. The molecule has 0 atom stereocenters. The van der Waals surface area contributed by atoms with Crippen LogP contribution >= 0.6 is 0 Å². The van der Waals surface area contributed by atoms with Crippen LogP contribution in [0.4, 0.5) is 0 Å². The van der Waals surface area contributed by atoms with Crippen molar-refractivity contribution < 1.29 is 29.5 Å². The van der Waals surface area contributed by atoms with Gasteiger partial charge in [0, 0.05) is 0 Å². The van der Waals surface area contributed by atoms with Gasteiger partial charge in [-0.1, -0.05) is 19.8 Å². The van der Waals surface area contributed by atoms with Crippen molar-refractivity contribution >= 4 is 54.9 Å². The van der Waals surface area contributed by atoms with Crippen LogP contribution in [0.25, 0.3) is 0 Å². The van der Waals surface area contributed by atoms with Gasteiger partial charge in [-0.25, -0.2) is 0 Å².